The van der Waals surface area contributed by atoms with Crippen molar-refractivity contribution in [3.8, 4) is 11.3 Å². The van der Waals surface area contributed by atoms with Crippen LogP contribution in [0, 0.1) is 0 Å². The van der Waals surface area contributed by atoms with E-state index >= 15 is 0 Å². The van der Waals surface area contributed by atoms with Crippen LogP contribution >= 0.6 is 0 Å². The molecule has 13 heteroatoms. The Labute approximate surface area is 201 Å². The van der Waals surface area contributed by atoms with Crippen LogP contribution in [0.15, 0.2) is 18.6 Å². The van der Waals surface area contributed by atoms with Crippen molar-refractivity contribution < 1.29 is 27.5 Å². The zero-order valence-corrected chi connectivity index (χ0v) is 20.3. The molecule has 192 valence electrons. The van der Waals surface area contributed by atoms with Gasteiger partial charge in [0.2, 0.25) is 11.9 Å². The number of carbonyl (C=O) groups is 2. The first-order valence-electron chi connectivity index (χ1n) is 11.1. The van der Waals surface area contributed by atoms with Crippen molar-refractivity contribution in [1.29, 1.82) is 0 Å². The standard InChI is InChI=1S/C22H30F3N7O3/c1-20(2,3)35-19(34)31-8-6-14(7-9-31)29-18-27-11-15(22(23,24)25)16(30-18)13-10-28-32(12-13)21(4,5)17(26)33/h10-12,14H,6-9H2,1-5H3,(H2,26,33)(H,27,29,30). The van der Waals surface area contributed by atoms with Crippen LogP contribution in [-0.4, -0.2) is 61.4 Å². The third-order valence-corrected chi connectivity index (χ3v) is 5.61. The number of alkyl halides is 3. The van der Waals surface area contributed by atoms with Crippen molar-refractivity contribution in [2.75, 3.05) is 18.4 Å². The number of rotatable bonds is 5. The highest BCUT2D eigenvalue weighted by molar-refractivity contribution is 5.81. The lowest BCUT2D eigenvalue weighted by molar-refractivity contribution is -0.137. The summed E-state index contributed by atoms with van der Waals surface area (Å²) in [6.45, 7) is 9.23. The number of nitrogens with zero attached hydrogens (tertiary/aromatic N) is 5. The highest BCUT2D eigenvalue weighted by Crippen LogP contribution is 2.36. The van der Waals surface area contributed by atoms with E-state index < -0.39 is 34.9 Å². The molecule has 0 saturated carbocycles. The number of halogens is 3. The van der Waals surface area contributed by atoms with Crippen LogP contribution in [0.4, 0.5) is 23.9 Å². The lowest BCUT2D eigenvalue weighted by Gasteiger charge is -2.33. The molecule has 3 N–H and O–H groups in total. The summed E-state index contributed by atoms with van der Waals surface area (Å²) in [7, 11) is 0. The van der Waals surface area contributed by atoms with Crippen molar-refractivity contribution >= 4 is 17.9 Å². The summed E-state index contributed by atoms with van der Waals surface area (Å²) in [6, 6.07) is -0.144. The number of nitrogens with two attached hydrogens (primary N) is 1. The molecule has 1 fully saturated rings. The van der Waals surface area contributed by atoms with Crippen molar-refractivity contribution in [3.63, 3.8) is 0 Å². The van der Waals surface area contributed by atoms with Gasteiger partial charge in [-0.1, -0.05) is 0 Å². The maximum atomic E-state index is 13.7. The topological polar surface area (TPSA) is 128 Å². The van der Waals surface area contributed by atoms with Crippen LogP contribution in [0.2, 0.25) is 0 Å². The monoisotopic (exact) mass is 497 g/mol. The minimum Gasteiger partial charge on any atom is -0.444 e. The molecule has 0 atom stereocenters. The molecule has 1 aliphatic rings. The zero-order valence-electron chi connectivity index (χ0n) is 20.3. The van der Waals surface area contributed by atoms with Gasteiger partial charge >= 0.3 is 12.3 Å². The van der Waals surface area contributed by atoms with Crippen LogP contribution in [0.5, 0.6) is 0 Å². The molecule has 3 rings (SSSR count). The summed E-state index contributed by atoms with van der Waals surface area (Å²) < 4.78 is 47.6. The van der Waals surface area contributed by atoms with Gasteiger partial charge in [0.25, 0.3) is 0 Å². The number of nitrogens with one attached hydrogen (secondary N) is 1. The van der Waals surface area contributed by atoms with Gasteiger partial charge in [0, 0.05) is 37.1 Å². The molecule has 0 aliphatic carbocycles. The van der Waals surface area contributed by atoms with Crippen molar-refractivity contribution in [2.24, 2.45) is 5.73 Å². The molecule has 2 aromatic heterocycles. The Kier molecular flexibility index (Phi) is 7.00. The lowest BCUT2D eigenvalue weighted by Crippen LogP contribution is -2.44. The molecule has 1 saturated heterocycles. The zero-order chi connectivity index (χ0) is 26.2. The van der Waals surface area contributed by atoms with Gasteiger partial charge in [-0.2, -0.15) is 18.3 Å². The predicted molar refractivity (Wildman–Crippen MR) is 121 cm³/mol. The summed E-state index contributed by atoms with van der Waals surface area (Å²) in [6.07, 6.45) is -0.797. The lowest BCUT2D eigenvalue weighted by atomic mass is 10.1. The van der Waals surface area contributed by atoms with Gasteiger partial charge in [0.15, 0.2) is 0 Å². The van der Waals surface area contributed by atoms with Gasteiger partial charge in [-0.25, -0.2) is 14.8 Å². The molecule has 0 unspecified atom stereocenters. The van der Waals surface area contributed by atoms with E-state index in [0.717, 1.165) is 6.20 Å². The summed E-state index contributed by atoms with van der Waals surface area (Å²) in [4.78, 5) is 33.5. The molecule has 0 bridgehead atoms. The van der Waals surface area contributed by atoms with Crippen molar-refractivity contribution in [1.82, 2.24) is 24.6 Å². The van der Waals surface area contributed by atoms with Gasteiger partial charge in [0.1, 0.15) is 16.7 Å². The first kappa shape index (κ1) is 26.2. The van der Waals surface area contributed by atoms with Crippen LogP contribution in [0.1, 0.15) is 53.0 Å². The van der Waals surface area contributed by atoms with Crippen LogP contribution in [0.3, 0.4) is 0 Å². The van der Waals surface area contributed by atoms with E-state index in [1.807, 2.05) is 0 Å². The van der Waals surface area contributed by atoms with Crippen LogP contribution in [0.25, 0.3) is 11.3 Å². The van der Waals surface area contributed by atoms with Crippen molar-refractivity contribution in [2.45, 2.75) is 70.8 Å². The third-order valence-electron chi connectivity index (χ3n) is 5.61. The highest BCUT2D eigenvalue weighted by Gasteiger charge is 2.37. The Morgan fingerprint density at radius 1 is 1.11 bits per heavy atom. The summed E-state index contributed by atoms with van der Waals surface area (Å²) in [5, 5.41) is 7.09. The quantitative estimate of drug-likeness (QED) is 0.648. The Balaban J connectivity index is 1.79. The minimum atomic E-state index is -4.70. The van der Waals surface area contributed by atoms with E-state index in [1.54, 1.807) is 25.7 Å². The molecule has 2 amide bonds. The number of ether oxygens (including phenoxy) is 1. The smallest absolute Gasteiger partial charge is 0.419 e. The van der Waals surface area contributed by atoms with Gasteiger partial charge in [-0.05, 0) is 47.5 Å². The average Bonchev–Trinajstić information content (AvgIpc) is 3.23. The normalized spacial score (nSPS) is 15.7. The number of anilines is 1. The molecule has 35 heavy (non-hydrogen) atoms. The molecule has 0 aromatic carbocycles. The maximum Gasteiger partial charge on any atom is 0.419 e. The van der Waals surface area contributed by atoms with E-state index in [4.69, 9.17) is 10.5 Å². The second kappa shape index (κ2) is 9.34. The van der Waals surface area contributed by atoms with Gasteiger partial charge in [0.05, 0.1) is 11.9 Å². The number of hydrogen-bond donors (Lipinski definition) is 2. The van der Waals surface area contributed by atoms with E-state index in [9.17, 15) is 22.8 Å². The fourth-order valence-electron chi connectivity index (χ4n) is 3.46. The van der Waals surface area contributed by atoms with E-state index in [-0.39, 0.29) is 23.2 Å². The third kappa shape index (κ3) is 6.20. The Morgan fingerprint density at radius 2 is 1.74 bits per heavy atom. The van der Waals surface area contributed by atoms with Crippen LogP contribution < -0.4 is 11.1 Å². The molecule has 10 nitrogen and oxygen atoms in total. The number of piperidine rings is 1. The number of carbonyl (C=O) groups excluding carboxylic acids is 2. The van der Waals surface area contributed by atoms with Gasteiger partial charge in [-0.15, -0.1) is 0 Å². The Morgan fingerprint density at radius 3 is 2.29 bits per heavy atom. The average molecular weight is 498 g/mol. The molecule has 1 aliphatic heterocycles. The number of aromatic nitrogens is 4. The Hall–Kier alpha value is -3.38. The fraction of sp³-hybridized carbons (Fsp3) is 0.591. The Bertz CT molecular complexity index is 1080. The summed E-state index contributed by atoms with van der Waals surface area (Å²) in [5.74, 6) is -0.670. The van der Waals surface area contributed by atoms with Crippen molar-refractivity contribution in [3.05, 3.63) is 24.2 Å². The minimum absolute atomic E-state index is 0.0191. The summed E-state index contributed by atoms with van der Waals surface area (Å²) in [5.41, 5.74) is 2.22. The number of primary amides is 1. The van der Waals surface area contributed by atoms with E-state index in [1.165, 1.54) is 30.9 Å². The highest BCUT2D eigenvalue weighted by atomic mass is 19.4. The number of likely N-dealkylation sites (tertiary alicyclic amines) is 1. The predicted octanol–water partition coefficient (Wildman–Crippen LogP) is 3.39. The van der Waals surface area contributed by atoms with E-state index in [0.29, 0.717) is 25.9 Å². The van der Waals surface area contributed by atoms with E-state index in [2.05, 4.69) is 20.4 Å². The molecule has 2 aromatic rings. The second-order valence-electron chi connectivity index (χ2n) is 9.94. The molecule has 0 radical (unpaired) electrons. The fourth-order valence-corrected chi connectivity index (χ4v) is 3.46. The molecular formula is C22H30F3N7O3. The molecule has 0 spiro atoms. The number of amides is 2. The van der Waals surface area contributed by atoms with Gasteiger partial charge < -0.3 is 20.7 Å². The van der Waals surface area contributed by atoms with Gasteiger partial charge in [-0.3, -0.25) is 9.48 Å². The second-order valence-corrected chi connectivity index (χ2v) is 9.94. The largest absolute Gasteiger partial charge is 0.444 e. The number of hydrogen-bond acceptors (Lipinski definition) is 7. The first-order valence-corrected chi connectivity index (χ1v) is 11.1. The molecule has 3 heterocycles. The first-order chi connectivity index (χ1) is 16.1. The van der Waals surface area contributed by atoms with Crippen LogP contribution in [-0.2, 0) is 21.2 Å². The molecular weight excluding hydrogens is 467 g/mol. The maximum absolute atomic E-state index is 13.7. The summed E-state index contributed by atoms with van der Waals surface area (Å²) >= 11 is 0. The SMILES string of the molecule is CC(C)(C)OC(=O)N1CCC(Nc2ncc(C(F)(F)F)c(-c3cnn(C(C)(C)C(N)=O)c3)n2)CC1.